The molecule has 0 saturated carbocycles. The molecule has 0 unspecified atom stereocenters. The van der Waals surface area contributed by atoms with Gasteiger partial charge in [0.25, 0.3) is 5.91 Å². The van der Waals surface area contributed by atoms with Crippen LogP contribution in [0.2, 0.25) is 0 Å². The molecule has 0 radical (unpaired) electrons. The average molecular weight is 260 g/mol. The molecule has 5 nitrogen and oxygen atoms in total. The lowest BCUT2D eigenvalue weighted by Crippen LogP contribution is -2.31. The Labute approximate surface area is 111 Å². The molecule has 1 amide bonds. The topological polar surface area (TPSA) is 70.6 Å². The van der Waals surface area contributed by atoms with Crippen molar-refractivity contribution in [3.63, 3.8) is 0 Å². The maximum atomic E-state index is 10.9. The van der Waals surface area contributed by atoms with Gasteiger partial charge in [0.05, 0.1) is 13.7 Å². The molecule has 2 rings (SSSR count). The number of hydrogen-bond donors (Lipinski definition) is 3. The fourth-order valence-corrected chi connectivity index (χ4v) is 1.97. The molecule has 0 heterocycles. The summed E-state index contributed by atoms with van der Waals surface area (Å²) in [5.74, 6) is 0.342. The largest absolute Gasteiger partial charge is 0.496 e. The zero-order valence-electron chi connectivity index (χ0n) is 10.6. The summed E-state index contributed by atoms with van der Waals surface area (Å²) in [4.78, 5) is 10.9. The zero-order chi connectivity index (χ0) is 13.7. The van der Waals surface area contributed by atoms with Crippen LogP contribution >= 0.6 is 0 Å². The number of methoxy groups -OCH3 is 1. The summed E-state index contributed by atoms with van der Waals surface area (Å²) in [6, 6.07) is 11.9. The molecule has 0 bridgehead atoms. The number of fused-ring (bicyclic) bond motifs is 1. The third kappa shape index (κ3) is 3.21. The molecule has 2 aromatic carbocycles. The SMILES string of the molecule is COc1cc(CNCC(=O)NO)cc2ccccc12. The Balaban J connectivity index is 2.17. The lowest BCUT2D eigenvalue weighted by atomic mass is 10.1. The minimum atomic E-state index is -0.465. The molecule has 100 valence electrons. The molecule has 0 spiro atoms. The highest BCUT2D eigenvalue weighted by Crippen LogP contribution is 2.27. The van der Waals surface area contributed by atoms with Gasteiger partial charge in [-0.1, -0.05) is 24.3 Å². The third-order valence-electron chi connectivity index (χ3n) is 2.84. The maximum absolute atomic E-state index is 10.9. The Kier molecular flexibility index (Phi) is 4.33. The van der Waals surface area contributed by atoms with Crippen LogP contribution in [-0.4, -0.2) is 24.8 Å². The van der Waals surface area contributed by atoms with E-state index in [1.165, 1.54) is 0 Å². The normalized spacial score (nSPS) is 10.4. The first kappa shape index (κ1) is 13.3. The van der Waals surface area contributed by atoms with Crippen LogP contribution in [-0.2, 0) is 11.3 Å². The number of ether oxygens (including phenoxy) is 1. The van der Waals surface area contributed by atoms with E-state index in [9.17, 15) is 4.79 Å². The van der Waals surface area contributed by atoms with E-state index < -0.39 is 5.91 Å². The predicted molar refractivity (Wildman–Crippen MR) is 72.1 cm³/mol. The molecule has 0 aliphatic heterocycles. The number of benzene rings is 2. The third-order valence-corrected chi connectivity index (χ3v) is 2.84. The van der Waals surface area contributed by atoms with Gasteiger partial charge in [-0.15, -0.1) is 0 Å². The first-order chi connectivity index (χ1) is 9.24. The van der Waals surface area contributed by atoms with E-state index in [2.05, 4.69) is 5.32 Å². The van der Waals surface area contributed by atoms with Crippen LogP contribution in [0.1, 0.15) is 5.56 Å². The highest BCUT2D eigenvalue weighted by molar-refractivity contribution is 5.89. The molecule has 2 aromatic rings. The van der Waals surface area contributed by atoms with Crippen LogP contribution < -0.4 is 15.5 Å². The van der Waals surface area contributed by atoms with Gasteiger partial charge in [-0.2, -0.15) is 0 Å². The van der Waals surface area contributed by atoms with Crippen molar-refractivity contribution in [3.05, 3.63) is 42.0 Å². The van der Waals surface area contributed by atoms with Crippen molar-refractivity contribution in [1.82, 2.24) is 10.8 Å². The molecule has 0 atom stereocenters. The van der Waals surface area contributed by atoms with E-state index in [1.807, 2.05) is 36.4 Å². The molecule has 19 heavy (non-hydrogen) atoms. The van der Waals surface area contributed by atoms with Gasteiger partial charge in [0, 0.05) is 11.9 Å². The van der Waals surface area contributed by atoms with E-state index >= 15 is 0 Å². The van der Waals surface area contributed by atoms with Crippen LogP contribution in [0.5, 0.6) is 5.75 Å². The summed E-state index contributed by atoms with van der Waals surface area (Å²) >= 11 is 0. The fourth-order valence-electron chi connectivity index (χ4n) is 1.97. The molecule has 0 aromatic heterocycles. The Bertz CT molecular complexity index is 584. The van der Waals surface area contributed by atoms with E-state index in [-0.39, 0.29) is 6.54 Å². The van der Waals surface area contributed by atoms with Gasteiger partial charge in [-0.05, 0) is 23.1 Å². The Morgan fingerprint density at radius 1 is 1.32 bits per heavy atom. The first-order valence-corrected chi connectivity index (χ1v) is 5.94. The predicted octanol–water partition coefficient (Wildman–Crippen LogP) is 1.44. The summed E-state index contributed by atoms with van der Waals surface area (Å²) in [7, 11) is 1.64. The van der Waals surface area contributed by atoms with Crippen LogP contribution in [0.4, 0.5) is 0 Å². The van der Waals surface area contributed by atoms with Gasteiger partial charge in [-0.3, -0.25) is 10.0 Å². The second kappa shape index (κ2) is 6.17. The summed E-state index contributed by atoms with van der Waals surface area (Å²) in [6.07, 6.45) is 0. The van der Waals surface area contributed by atoms with Crippen molar-refractivity contribution in [3.8, 4) is 5.75 Å². The summed E-state index contributed by atoms with van der Waals surface area (Å²) in [5.41, 5.74) is 2.59. The van der Waals surface area contributed by atoms with Gasteiger partial charge in [0.2, 0.25) is 0 Å². The van der Waals surface area contributed by atoms with Crippen LogP contribution in [0, 0.1) is 0 Å². The van der Waals surface area contributed by atoms with Gasteiger partial charge < -0.3 is 10.1 Å². The van der Waals surface area contributed by atoms with Gasteiger partial charge >= 0.3 is 0 Å². The van der Waals surface area contributed by atoms with E-state index in [1.54, 1.807) is 12.6 Å². The number of hydroxylamine groups is 1. The second-order valence-corrected chi connectivity index (χ2v) is 4.16. The van der Waals surface area contributed by atoms with Gasteiger partial charge in [0.15, 0.2) is 0 Å². The minimum absolute atomic E-state index is 0.0612. The molecule has 0 aliphatic rings. The molecule has 0 saturated heterocycles. The number of amides is 1. The van der Waals surface area contributed by atoms with E-state index in [0.717, 1.165) is 22.1 Å². The minimum Gasteiger partial charge on any atom is -0.496 e. The number of hydrogen-bond acceptors (Lipinski definition) is 4. The Morgan fingerprint density at radius 3 is 2.84 bits per heavy atom. The standard InChI is InChI=1S/C14H16N2O3/c1-19-13-7-10(8-15-9-14(17)16-18)6-11-4-2-3-5-12(11)13/h2-7,15,18H,8-9H2,1H3,(H,16,17). The van der Waals surface area contributed by atoms with E-state index in [4.69, 9.17) is 9.94 Å². The average Bonchev–Trinajstić information content (AvgIpc) is 2.46. The fraction of sp³-hybridized carbons (Fsp3) is 0.214. The summed E-state index contributed by atoms with van der Waals surface area (Å²) in [5, 5.41) is 13.5. The van der Waals surface area contributed by atoms with Crippen molar-refractivity contribution in [2.24, 2.45) is 0 Å². The molecular weight excluding hydrogens is 244 g/mol. The van der Waals surface area contributed by atoms with Crippen molar-refractivity contribution in [1.29, 1.82) is 0 Å². The lowest BCUT2D eigenvalue weighted by molar-refractivity contribution is -0.128. The monoisotopic (exact) mass is 260 g/mol. The summed E-state index contributed by atoms with van der Waals surface area (Å²) < 4.78 is 5.37. The highest BCUT2D eigenvalue weighted by Gasteiger charge is 2.04. The zero-order valence-corrected chi connectivity index (χ0v) is 10.6. The van der Waals surface area contributed by atoms with Crippen LogP contribution in [0.15, 0.2) is 36.4 Å². The van der Waals surface area contributed by atoms with Crippen molar-refractivity contribution >= 4 is 16.7 Å². The smallest absolute Gasteiger partial charge is 0.257 e. The van der Waals surface area contributed by atoms with Gasteiger partial charge in [0.1, 0.15) is 5.75 Å². The van der Waals surface area contributed by atoms with E-state index in [0.29, 0.717) is 6.54 Å². The maximum Gasteiger partial charge on any atom is 0.257 e. The molecular formula is C14H16N2O3. The molecule has 0 fully saturated rings. The first-order valence-electron chi connectivity index (χ1n) is 5.94. The Hall–Kier alpha value is -2.11. The quantitative estimate of drug-likeness (QED) is 0.562. The van der Waals surface area contributed by atoms with Crippen molar-refractivity contribution < 1.29 is 14.7 Å². The molecule has 5 heteroatoms. The second-order valence-electron chi connectivity index (χ2n) is 4.16. The van der Waals surface area contributed by atoms with Crippen LogP contribution in [0.25, 0.3) is 10.8 Å². The lowest BCUT2D eigenvalue weighted by Gasteiger charge is -2.10. The number of carbonyl (C=O) groups is 1. The number of rotatable bonds is 5. The molecule has 3 N–H and O–H groups in total. The highest BCUT2D eigenvalue weighted by atomic mass is 16.5. The molecule has 0 aliphatic carbocycles. The summed E-state index contributed by atoms with van der Waals surface area (Å²) in [6.45, 7) is 0.584. The number of carbonyl (C=O) groups excluding carboxylic acids is 1. The van der Waals surface area contributed by atoms with Crippen molar-refractivity contribution in [2.75, 3.05) is 13.7 Å². The number of nitrogens with one attached hydrogen (secondary N) is 2. The Morgan fingerprint density at radius 2 is 2.11 bits per heavy atom. The van der Waals surface area contributed by atoms with Crippen LogP contribution in [0.3, 0.4) is 0 Å². The van der Waals surface area contributed by atoms with Crippen molar-refractivity contribution in [2.45, 2.75) is 6.54 Å². The van der Waals surface area contributed by atoms with Gasteiger partial charge in [-0.25, -0.2) is 5.48 Å².